The number of nitrogens with zero attached hydrogens (tertiary/aromatic N) is 1. The summed E-state index contributed by atoms with van der Waals surface area (Å²) in [5, 5.41) is 2.36. The molecule has 1 aliphatic heterocycles. The Morgan fingerprint density at radius 1 is 1.26 bits per heavy atom. The van der Waals surface area contributed by atoms with Crippen LogP contribution in [0.25, 0.3) is 0 Å². The molecule has 0 spiro atoms. The van der Waals surface area contributed by atoms with Gasteiger partial charge in [-0.05, 0) is 61.6 Å². The van der Waals surface area contributed by atoms with Crippen molar-refractivity contribution >= 4 is 12.0 Å². The van der Waals surface area contributed by atoms with E-state index in [0.29, 0.717) is 17.3 Å². The van der Waals surface area contributed by atoms with Crippen molar-refractivity contribution in [2.75, 3.05) is 19.6 Å². The van der Waals surface area contributed by atoms with Gasteiger partial charge in [0.2, 0.25) is 5.91 Å². The lowest BCUT2D eigenvalue weighted by Crippen LogP contribution is -2.43. The zero-order valence-electron chi connectivity index (χ0n) is 14.3. The fourth-order valence-corrected chi connectivity index (χ4v) is 4.31. The molecule has 2 saturated carbocycles. The topological polar surface area (TPSA) is 58.6 Å². The van der Waals surface area contributed by atoms with Gasteiger partial charge in [-0.3, -0.25) is 15.0 Å². The zero-order chi connectivity index (χ0) is 16.6. The van der Waals surface area contributed by atoms with Gasteiger partial charge in [0.1, 0.15) is 6.10 Å². The molecule has 23 heavy (non-hydrogen) atoms. The number of imide groups is 1. The van der Waals surface area contributed by atoms with Gasteiger partial charge in [-0.2, -0.15) is 0 Å². The Morgan fingerprint density at radius 2 is 1.96 bits per heavy atom. The Morgan fingerprint density at radius 3 is 2.65 bits per heavy atom. The largest absolute Gasteiger partial charge is 0.441 e. The maximum atomic E-state index is 12.0. The molecule has 3 aliphatic rings. The van der Waals surface area contributed by atoms with Crippen LogP contribution in [0.4, 0.5) is 4.79 Å². The first-order chi connectivity index (χ1) is 10.9. The highest BCUT2D eigenvalue weighted by Gasteiger charge is 2.60. The molecule has 0 bridgehead atoms. The molecule has 1 N–H and O–H groups in total. The number of rotatable bonds is 3. The predicted octanol–water partition coefficient (Wildman–Crippen LogP) is 2.72. The van der Waals surface area contributed by atoms with Crippen molar-refractivity contribution in [3.63, 3.8) is 0 Å². The van der Waals surface area contributed by atoms with Crippen molar-refractivity contribution in [2.45, 2.75) is 52.1 Å². The van der Waals surface area contributed by atoms with Crippen molar-refractivity contribution < 1.29 is 14.3 Å². The smallest absolute Gasteiger partial charge is 0.414 e. The molecule has 3 fully saturated rings. The van der Waals surface area contributed by atoms with Crippen LogP contribution in [0.2, 0.25) is 0 Å². The zero-order valence-corrected chi connectivity index (χ0v) is 14.3. The number of amides is 2. The van der Waals surface area contributed by atoms with E-state index in [4.69, 9.17) is 4.74 Å². The number of hydrogen-bond donors (Lipinski definition) is 1. The highest BCUT2D eigenvalue weighted by atomic mass is 16.6. The molecule has 2 amide bonds. The number of carbonyl (C=O) groups is 2. The quantitative estimate of drug-likeness (QED) is 0.812. The predicted molar refractivity (Wildman–Crippen MR) is 87.8 cm³/mol. The second kappa shape index (κ2) is 6.27. The molecule has 1 heterocycles. The van der Waals surface area contributed by atoms with Crippen LogP contribution in [0.1, 0.15) is 46.0 Å². The molecule has 3 unspecified atom stereocenters. The molecule has 128 valence electrons. The summed E-state index contributed by atoms with van der Waals surface area (Å²) in [5.41, 5.74) is 1.32. The minimum absolute atomic E-state index is 0.249. The first-order valence-electron chi connectivity index (χ1n) is 8.78. The highest BCUT2D eigenvalue weighted by Crippen LogP contribution is 2.65. The molecular formula is C18H28N2O3. The van der Waals surface area contributed by atoms with E-state index in [2.05, 4.69) is 30.6 Å². The van der Waals surface area contributed by atoms with Crippen LogP contribution < -0.4 is 5.32 Å². The molecule has 1 saturated heterocycles. The van der Waals surface area contributed by atoms with Crippen molar-refractivity contribution in [3.8, 4) is 0 Å². The van der Waals surface area contributed by atoms with Gasteiger partial charge in [-0.15, -0.1) is 0 Å². The summed E-state index contributed by atoms with van der Waals surface area (Å²) < 4.78 is 5.46. The lowest BCUT2D eigenvalue weighted by Gasteiger charge is -2.26. The van der Waals surface area contributed by atoms with Gasteiger partial charge < -0.3 is 4.74 Å². The van der Waals surface area contributed by atoms with Crippen molar-refractivity contribution in [3.05, 3.63) is 12.2 Å². The molecular weight excluding hydrogens is 292 g/mol. The van der Waals surface area contributed by atoms with E-state index in [1.807, 2.05) is 0 Å². The van der Waals surface area contributed by atoms with Crippen LogP contribution in [0.3, 0.4) is 0 Å². The summed E-state index contributed by atoms with van der Waals surface area (Å²) in [4.78, 5) is 26.0. The normalized spacial score (nSPS) is 32.8. The van der Waals surface area contributed by atoms with Crippen LogP contribution in [0.15, 0.2) is 12.2 Å². The molecule has 0 aromatic heterocycles. The third-order valence-electron chi connectivity index (χ3n) is 6.00. The van der Waals surface area contributed by atoms with Crippen LogP contribution in [0.5, 0.6) is 0 Å². The Kier molecular flexibility index (Phi) is 4.50. The molecule has 5 heteroatoms. The molecule has 0 aromatic carbocycles. The second-order valence-electron chi connectivity index (χ2n) is 7.91. The van der Waals surface area contributed by atoms with Crippen molar-refractivity contribution in [1.29, 1.82) is 0 Å². The van der Waals surface area contributed by atoms with E-state index in [-0.39, 0.29) is 18.6 Å². The number of nitrogens with one attached hydrogen (secondary N) is 1. The molecule has 2 aliphatic carbocycles. The van der Waals surface area contributed by atoms with Gasteiger partial charge in [0.15, 0.2) is 0 Å². The number of piperidine rings is 1. The summed E-state index contributed by atoms with van der Waals surface area (Å²) >= 11 is 0. The van der Waals surface area contributed by atoms with E-state index in [1.54, 1.807) is 0 Å². The monoisotopic (exact) mass is 320 g/mol. The minimum Gasteiger partial charge on any atom is -0.441 e. The van der Waals surface area contributed by atoms with Gasteiger partial charge in [0.05, 0.1) is 6.54 Å². The van der Waals surface area contributed by atoms with Crippen molar-refractivity contribution in [1.82, 2.24) is 10.2 Å². The van der Waals surface area contributed by atoms with Crippen molar-refractivity contribution in [2.24, 2.45) is 17.3 Å². The molecule has 3 rings (SSSR count). The van der Waals surface area contributed by atoms with Crippen LogP contribution in [0, 0.1) is 17.3 Å². The Balaban J connectivity index is 1.44. The molecule has 5 nitrogen and oxygen atoms in total. The van der Waals surface area contributed by atoms with Gasteiger partial charge in [-0.25, -0.2) is 4.79 Å². The Hall–Kier alpha value is -1.36. The van der Waals surface area contributed by atoms with E-state index < -0.39 is 6.09 Å². The number of ether oxygens (including phenoxy) is 1. The van der Waals surface area contributed by atoms with Crippen LogP contribution in [-0.2, 0) is 9.53 Å². The van der Waals surface area contributed by atoms with Crippen LogP contribution in [-0.4, -0.2) is 42.6 Å². The minimum atomic E-state index is -0.630. The fourth-order valence-electron chi connectivity index (χ4n) is 4.31. The summed E-state index contributed by atoms with van der Waals surface area (Å²) in [6.07, 6.45) is 4.36. The number of fused-ring (bicyclic) bond motifs is 1. The van der Waals surface area contributed by atoms with E-state index >= 15 is 0 Å². The molecule has 0 aromatic rings. The number of hydrogen-bond acceptors (Lipinski definition) is 4. The van der Waals surface area contributed by atoms with E-state index in [9.17, 15) is 9.59 Å². The van der Waals surface area contributed by atoms with E-state index in [1.165, 1.54) is 6.42 Å². The highest BCUT2D eigenvalue weighted by molar-refractivity contribution is 5.92. The second-order valence-corrected chi connectivity index (χ2v) is 7.91. The number of carbonyl (C=O) groups excluding carboxylic acids is 2. The number of likely N-dealkylation sites (tertiary alicyclic amines) is 1. The Bertz CT molecular complexity index is 508. The van der Waals surface area contributed by atoms with Crippen LogP contribution >= 0.6 is 0 Å². The number of alkyl carbamates (subject to hydrolysis) is 1. The average molecular weight is 320 g/mol. The lowest BCUT2D eigenvalue weighted by atomic mass is 9.93. The summed E-state index contributed by atoms with van der Waals surface area (Å²) in [5.74, 6) is 1.01. The maximum Gasteiger partial charge on any atom is 0.414 e. The molecule has 0 radical (unpaired) electrons. The first kappa shape index (κ1) is 16.5. The standard InChI is InChI=1S/C18H28N2O3/c1-12-9-13-14(18(13,2)3)10-15(12)23-17(22)19-16(21)11-20-7-5-4-6-8-20/h13-15H,1,4-11H2,2-3H3,(H,19,21,22). The summed E-state index contributed by atoms with van der Waals surface area (Å²) in [6.45, 7) is 10.7. The van der Waals surface area contributed by atoms with Gasteiger partial charge >= 0.3 is 6.09 Å². The van der Waals surface area contributed by atoms with Gasteiger partial charge in [-0.1, -0.05) is 26.8 Å². The first-order valence-corrected chi connectivity index (χ1v) is 8.78. The molecule has 3 atom stereocenters. The average Bonchev–Trinajstić information content (AvgIpc) is 3.00. The lowest BCUT2D eigenvalue weighted by molar-refractivity contribution is -0.121. The fraction of sp³-hybridized carbons (Fsp3) is 0.778. The third kappa shape index (κ3) is 3.60. The van der Waals surface area contributed by atoms with E-state index in [0.717, 1.165) is 44.3 Å². The summed E-state index contributed by atoms with van der Waals surface area (Å²) in [6, 6.07) is 0. The maximum absolute atomic E-state index is 12.0. The Labute approximate surface area is 138 Å². The third-order valence-corrected chi connectivity index (χ3v) is 6.00. The summed E-state index contributed by atoms with van der Waals surface area (Å²) in [7, 11) is 0. The SMILES string of the molecule is C=C1CC2C(CC1OC(=O)NC(=O)CN1CCCCC1)C2(C)C. The van der Waals surface area contributed by atoms with Gasteiger partial charge in [0, 0.05) is 0 Å². The van der Waals surface area contributed by atoms with Gasteiger partial charge in [0.25, 0.3) is 0 Å².